The number of amides is 2. The first kappa shape index (κ1) is 20.1. The Hall–Kier alpha value is -2.20. The minimum Gasteiger partial charge on any atom is -0.451 e. The fourth-order valence-electron chi connectivity index (χ4n) is 2.29. The van der Waals surface area contributed by atoms with Crippen molar-refractivity contribution in [3.8, 4) is 0 Å². The molecule has 0 radical (unpaired) electrons. The largest absolute Gasteiger partial charge is 0.451 e. The zero-order valence-electron chi connectivity index (χ0n) is 13.9. The molecule has 0 aliphatic carbocycles. The lowest BCUT2D eigenvalue weighted by Crippen LogP contribution is -2.43. The summed E-state index contributed by atoms with van der Waals surface area (Å²) in [5.41, 5.74) is 0.0403. The van der Waals surface area contributed by atoms with Crippen molar-refractivity contribution in [2.45, 2.75) is 25.5 Å². The molecule has 1 saturated heterocycles. The summed E-state index contributed by atoms with van der Waals surface area (Å²) in [6.45, 7) is 0.902. The number of halogens is 1. The zero-order valence-corrected chi connectivity index (χ0v) is 15.5. The van der Waals surface area contributed by atoms with Crippen LogP contribution in [0.5, 0.6) is 0 Å². The maximum atomic E-state index is 11.9. The highest BCUT2D eigenvalue weighted by Crippen LogP contribution is 2.11. The topological polar surface area (TPSA) is 132 Å². The second-order valence-corrected chi connectivity index (χ2v) is 8.45. The van der Waals surface area contributed by atoms with Crippen LogP contribution in [0.2, 0.25) is 5.02 Å². The maximum absolute atomic E-state index is 11.9. The van der Waals surface area contributed by atoms with Crippen LogP contribution in [-0.4, -0.2) is 61.4 Å². The van der Waals surface area contributed by atoms with Crippen molar-refractivity contribution in [3.05, 3.63) is 29.0 Å². The van der Waals surface area contributed by atoms with Gasteiger partial charge in [-0.05, 0) is 25.5 Å². The van der Waals surface area contributed by atoms with Gasteiger partial charge in [0.15, 0.2) is 15.9 Å². The highest BCUT2D eigenvalue weighted by Gasteiger charge is 2.30. The fraction of sp³-hybridized carbons (Fsp3) is 0.467. The van der Waals surface area contributed by atoms with Gasteiger partial charge in [-0.3, -0.25) is 19.4 Å². The predicted molar refractivity (Wildman–Crippen MR) is 92.3 cm³/mol. The fourth-order valence-corrected chi connectivity index (χ4v) is 4.12. The van der Waals surface area contributed by atoms with Gasteiger partial charge in [0.1, 0.15) is 12.2 Å². The summed E-state index contributed by atoms with van der Waals surface area (Å²) >= 11 is 5.75. The lowest BCUT2D eigenvalue weighted by Gasteiger charge is -2.16. The number of esters is 1. The number of sulfone groups is 1. The molecule has 2 atom stereocenters. The van der Waals surface area contributed by atoms with Gasteiger partial charge in [-0.1, -0.05) is 11.6 Å². The number of ether oxygens (including phenoxy) is 1. The Morgan fingerprint density at radius 2 is 2.15 bits per heavy atom. The Morgan fingerprint density at radius 3 is 2.77 bits per heavy atom. The predicted octanol–water partition coefficient (Wildman–Crippen LogP) is -0.300. The highest BCUT2D eigenvalue weighted by atomic mass is 35.5. The van der Waals surface area contributed by atoms with Crippen LogP contribution in [0.4, 0.5) is 0 Å². The summed E-state index contributed by atoms with van der Waals surface area (Å²) in [5, 5.41) is 5.16. The minimum absolute atomic E-state index is 0.0235. The first-order valence-corrected chi connectivity index (χ1v) is 9.96. The molecule has 2 heterocycles. The quantitative estimate of drug-likeness (QED) is 0.623. The molecule has 0 saturated carbocycles. The summed E-state index contributed by atoms with van der Waals surface area (Å²) < 4.78 is 27.7. The van der Waals surface area contributed by atoms with Crippen molar-refractivity contribution in [1.82, 2.24) is 15.6 Å². The number of aromatic nitrogens is 1. The molecular formula is C15H18ClN3O6S. The zero-order chi connectivity index (χ0) is 19.3. The van der Waals surface area contributed by atoms with E-state index in [1.807, 2.05) is 0 Å². The van der Waals surface area contributed by atoms with Crippen molar-refractivity contribution in [2.75, 3.05) is 18.1 Å². The van der Waals surface area contributed by atoms with Crippen LogP contribution in [0.25, 0.3) is 0 Å². The number of nitrogens with zero attached hydrogens (tertiary/aromatic N) is 1. The van der Waals surface area contributed by atoms with Gasteiger partial charge in [0.2, 0.25) is 0 Å². The Labute approximate surface area is 155 Å². The van der Waals surface area contributed by atoms with Gasteiger partial charge < -0.3 is 15.4 Å². The Morgan fingerprint density at radius 1 is 1.42 bits per heavy atom. The van der Waals surface area contributed by atoms with Gasteiger partial charge in [-0.25, -0.2) is 8.42 Å². The smallest absolute Gasteiger partial charge is 0.326 e. The molecule has 1 aromatic heterocycles. The molecule has 9 nitrogen and oxygen atoms in total. The van der Waals surface area contributed by atoms with Crippen molar-refractivity contribution in [2.24, 2.45) is 0 Å². The first-order chi connectivity index (χ1) is 12.2. The van der Waals surface area contributed by atoms with Gasteiger partial charge in [-0.15, -0.1) is 0 Å². The highest BCUT2D eigenvalue weighted by molar-refractivity contribution is 7.91. The summed E-state index contributed by atoms with van der Waals surface area (Å²) in [5.74, 6) is -2.12. The molecule has 1 fully saturated rings. The molecule has 2 amide bonds. The maximum Gasteiger partial charge on any atom is 0.326 e. The monoisotopic (exact) mass is 403 g/mol. The number of pyridine rings is 1. The van der Waals surface area contributed by atoms with Crippen molar-refractivity contribution in [1.29, 1.82) is 0 Å². The Bertz CT molecular complexity index is 813. The van der Waals surface area contributed by atoms with Crippen molar-refractivity contribution in [3.63, 3.8) is 0 Å². The van der Waals surface area contributed by atoms with Gasteiger partial charge in [0.05, 0.1) is 11.5 Å². The molecule has 26 heavy (non-hydrogen) atoms. The SMILES string of the molecule is C[C@H](OC(=O)CNC(=O)c1cc(Cl)ccn1)C(=O)N[C@@H]1CCS(=O)(=O)C1. The van der Waals surface area contributed by atoms with Crippen LogP contribution in [0.3, 0.4) is 0 Å². The molecule has 1 aromatic rings. The van der Waals surface area contributed by atoms with E-state index in [4.69, 9.17) is 16.3 Å². The van der Waals surface area contributed by atoms with Crippen LogP contribution >= 0.6 is 11.6 Å². The van der Waals surface area contributed by atoms with Crippen LogP contribution in [0, 0.1) is 0 Å². The molecule has 1 aliphatic heterocycles. The third kappa shape index (κ3) is 5.95. The first-order valence-electron chi connectivity index (χ1n) is 7.76. The lowest BCUT2D eigenvalue weighted by molar-refractivity contribution is -0.154. The van der Waals surface area contributed by atoms with Gasteiger partial charge >= 0.3 is 5.97 Å². The van der Waals surface area contributed by atoms with Crippen LogP contribution < -0.4 is 10.6 Å². The number of carbonyl (C=O) groups is 3. The average Bonchev–Trinajstić information content (AvgIpc) is 2.91. The molecule has 1 aliphatic rings. The van der Waals surface area contributed by atoms with Gasteiger partial charge in [0, 0.05) is 17.3 Å². The lowest BCUT2D eigenvalue weighted by atomic mass is 10.2. The van der Waals surface area contributed by atoms with E-state index in [0.29, 0.717) is 11.4 Å². The van der Waals surface area contributed by atoms with E-state index in [-0.39, 0.29) is 17.2 Å². The molecule has 0 aromatic carbocycles. The van der Waals surface area contributed by atoms with E-state index in [2.05, 4.69) is 15.6 Å². The molecule has 2 rings (SSSR count). The molecular weight excluding hydrogens is 386 g/mol. The van der Waals surface area contributed by atoms with E-state index in [0.717, 1.165) is 0 Å². The van der Waals surface area contributed by atoms with Crippen LogP contribution in [-0.2, 0) is 24.2 Å². The van der Waals surface area contributed by atoms with Crippen molar-refractivity contribution >= 4 is 39.2 Å². The van der Waals surface area contributed by atoms with E-state index in [9.17, 15) is 22.8 Å². The van der Waals surface area contributed by atoms with E-state index < -0.39 is 46.3 Å². The van der Waals surface area contributed by atoms with Crippen molar-refractivity contribution < 1.29 is 27.5 Å². The van der Waals surface area contributed by atoms with Crippen LogP contribution in [0.15, 0.2) is 18.3 Å². The molecule has 2 N–H and O–H groups in total. The summed E-state index contributed by atoms with van der Waals surface area (Å²) in [7, 11) is -3.12. The Balaban J connectivity index is 1.76. The van der Waals surface area contributed by atoms with E-state index in [1.54, 1.807) is 0 Å². The number of rotatable bonds is 6. The molecule has 0 spiro atoms. The normalized spacial score (nSPS) is 19.4. The number of carbonyl (C=O) groups excluding carboxylic acids is 3. The summed E-state index contributed by atoms with van der Waals surface area (Å²) in [6.07, 6.45) is 0.565. The third-order valence-electron chi connectivity index (χ3n) is 3.60. The number of nitrogens with one attached hydrogen (secondary N) is 2. The molecule has 11 heteroatoms. The second-order valence-electron chi connectivity index (χ2n) is 5.78. The third-order valence-corrected chi connectivity index (χ3v) is 5.61. The molecule has 0 unspecified atom stereocenters. The van der Waals surface area contributed by atoms with Gasteiger partial charge in [0.25, 0.3) is 11.8 Å². The number of hydrogen-bond donors (Lipinski definition) is 2. The van der Waals surface area contributed by atoms with Gasteiger partial charge in [-0.2, -0.15) is 0 Å². The minimum atomic E-state index is -3.12. The Kier molecular flexibility index (Phi) is 6.54. The van der Waals surface area contributed by atoms with E-state index in [1.165, 1.54) is 25.3 Å². The summed E-state index contributed by atoms with van der Waals surface area (Å²) in [6, 6.07) is 2.36. The molecule has 142 valence electrons. The standard InChI is InChI=1S/C15H18ClN3O6S/c1-9(14(21)19-11-3-5-26(23,24)8-11)25-13(20)7-18-15(22)12-6-10(16)2-4-17-12/h2,4,6,9,11H,3,5,7-8H2,1H3,(H,18,22)(H,19,21)/t9-,11+/m0/s1. The second kappa shape index (κ2) is 8.45. The van der Waals surface area contributed by atoms with Crippen LogP contribution in [0.1, 0.15) is 23.8 Å². The van der Waals surface area contributed by atoms with E-state index >= 15 is 0 Å². The number of hydrogen-bond acceptors (Lipinski definition) is 7. The summed E-state index contributed by atoms with van der Waals surface area (Å²) in [4.78, 5) is 39.3. The molecule has 0 bridgehead atoms. The average molecular weight is 404 g/mol.